The summed E-state index contributed by atoms with van der Waals surface area (Å²) in [5.74, 6) is -0.878. The minimum absolute atomic E-state index is 0.0237. The molecule has 0 spiro atoms. The van der Waals surface area contributed by atoms with Crippen molar-refractivity contribution < 1.29 is 14.7 Å². The zero-order valence-electron chi connectivity index (χ0n) is 12.2. The standard InChI is InChI=1S/C16H22N2O3/c19-15(10-7-11-16(20)21)18(14-8-3-1-4-9-14)17-12-5-2-6-13-17/h1,3-4,8-9H,2,5-7,10-13H2,(H,20,21). The molecule has 0 bridgehead atoms. The lowest BCUT2D eigenvalue weighted by Crippen LogP contribution is -2.49. The van der Waals surface area contributed by atoms with Gasteiger partial charge in [-0.05, 0) is 31.4 Å². The van der Waals surface area contributed by atoms with Crippen LogP contribution < -0.4 is 5.01 Å². The summed E-state index contributed by atoms with van der Waals surface area (Å²) in [5, 5.41) is 12.5. The maximum Gasteiger partial charge on any atom is 0.303 e. The van der Waals surface area contributed by atoms with Crippen molar-refractivity contribution in [1.29, 1.82) is 0 Å². The predicted molar refractivity (Wildman–Crippen MR) is 80.8 cm³/mol. The molecule has 5 nitrogen and oxygen atoms in total. The lowest BCUT2D eigenvalue weighted by Gasteiger charge is -2.37. The van der Waals surface area contributed by atoms with Crippen LogP contribution in [0.15, 0.2) is 30.3 Å². The quantitative estimate of drug-likeness (QED) is 0.875. The SMILES string of the molecule is O=C(O)CCCC(=O)N(c1ccccc1)N1CCCCC1. The summed E-state index contributed by atoms with van der Waals surface area (Å²) in [5.41, 5.74) is 0.861. The third kappa shape index (κ3) is 4.56. The van der Waals surface area contributed by atoms with Crippen LogP contribution in [0.4, 0.5) is 5.69 Å². The molecule has 1 fully saturated rings. The number of hydrogen-bond donors (Lipinski definition) is 1. The minimum atomic E-state index is -0.855. The fourth-order valence-corrected chi connectivity index (χ4v) is 2.61. The number of carbonyl (C=O) groups is 2. The maximum absolute atomic E-state index is 12.5. The molecule has 2 rings (SSSR count). The van der Waals surface area contributed by atoms with Gasteiger partial charge < -0.3 is 5.11 Å². The number of rotatable bonds is 6. The van der Waals surface area contributed by atoms with E-state index in [0.29, 0.717) is 6.42 Å². The van der Waals surface area contributed by atoms with E-state index in [1.807, 2.05) is 30.3 Å². The molecule has 0 atom stereocenters. The summed E-state index contributed by atoms with van der Waals surface area (Å²) in [4.78, 5) is 23.1. The monoisotopic (exact) mass is 290 g/mol. The Balaban J connectivity index is 2.07. The van der Waals surface area contributed by atoms with Gasteiger partial charge in [-0.3, -0.25) is 9.59 Å². The van der Waals surface area contributed by atoms with E-state index >= 15 is 0 Å². The third-order valence-electron chi connectivity index (χ3n) is 3.63. The smallest absolute Gasteiger partial charge is 0.303 e. The Morgan fingerprint density at radius 3 is 2.33 bits per heavy atom. The van der Waals surface area contributed by atoms with Gasteiger partial charge in [0.05, 0.1) is 5.69 Å². The molecule has 1 saturated heterocycles. The lowest BCUT2D eigenvalue weighted by atomic mass is 10.1. The van der Waals surface area contributed by atoms with Crippen molar-refractivity contribution in [2.24, 2.45) is 0 Å². The summed E-state index contributed by atoms with van der Waals surface area (Å²) in [6.07, 6.45) is 4.06. The molecular formula is C16H22N2O3. The molecule has 1 aromatic carbocycles. The van der Waals surface area contributed by atoms with Gasteiger partial charge in [0.1, 0.15) is 0 Å². The summed E-state index contributed by atoms with van der Waals surface area (Å²) in [6, 6.07) is 9.59. The number of para-hydroxylation sites is 1. The molecule has 21 heavy (non-hydrogen) atoms. The molecule has 0 radical (unpaired) electrons. The number of aliphatic carboxylic acids is 1. The van der Waals surface area contributed by atoms with E-state index < -0.39 is 5.97 Å². The Morgan fingerprint density at radius 2 is 1.71 bits per heavy atom. The van der Waals surface area contributed by atoms with Crippen LogP contribution in [0.5, 0.6) is 0 Å². The number of carboxylic acids is 1. The predicted octanol–water partition coefficient (Wildman–Crippen LogP) is 2.68. The second-order valence-electron chi connectivity index (χ2n) is 5.30. The fourth-order valence-electron chi connectivity index (χ4n) is 2.61. The second-order valence-corrected chi connectivity index (χ2v) is 5.30. The van der Waals surface area contributed by atoms with Crippen molar-refractivity contribution in [3.05, 3.63) is 30.3 Å². The van der Waals surface area contributed by atoms with Gasteiger partial charge >= 0.3 is 5.97 Å². The Morgan fingerprint density at radius 1 is 1.05 bits per heavy atom. The van der Waals surface area contributed by atoms with Crippen LogP contribution in [0.1, 0.15) is 38.5 Å². The topological polar surface area (TPSA) is 60.9 Å². The van der Waals surface area contributed by atoms with Gasteiger partial charge in [0.25, 0.3) is 0 Å². The number of amides is 1. The molecule has 1 aliphatic rings. The van der Waals surface area contributed by atoms with Crippen LogP contribution in [0.2, 0.25) is 0 Å². The van der Waals surface area contributed by atoms with Crippen molar-refractivity contribution in [3.63, 3.8) is 0 Å². The van der Waals surface area contributed by atoms with Gasteiger partial charge in [-0.15, -0.1) is 0 Å². The normalized spacial score (nSPS) is 15.6. The number of piperidine rings is 1. The Bertz CT molecular complexity index is 470. The van der Waals surface area contributed by atoms with E-state index in [4.69, 9.17) is 5.11 Å². The van der Waals surface area contributed by atoms with E-state index in [1.54, 1.807) is 5.01 Å². The number of nitrogens with zero attached hydrogens (tertiary/aromatic N) is 2. The Hall–Kier alpha value is -1.88. The highest BCUT2D eigenvalue weighted by Crippen LogP contribution is 2.21. The minimum Gasteiger partial charge on any atom is -0.481 e. The van der Waals surface area contributed by atoms with Crippen molar-refractivity contribution >= 4 is 17.6 Å². The molecule has 1 amide bonds. The van der Waals surface area contributed by atoms with Gasteiger partial charge in [0.15, 0.2) is 0 Å². The molecule has 0 aliphatic carbocycles. The molecule has 1 aliphatic heterocycles. The first-order valence-electron chi connectivity index (χ1n) is 7.53. The van der Waals surface area contributed by atoms with Gasteiger partial charge in [0.2, 0.25) is 5.91 Å². The largest absolute Gasteiger partial charge is 0.481 e. The number of hydrazine groups is 1. The number of anilines is 1. The number of benzene rings is 1. The fraction of sp³-hybridized carbons (Fsp3) is 0.500. The van der Waals surface area contributed by atoms with E-state index in [1.165, 1.54) is 6.42 Å². The summed E-state index contributed by atoms with van der Waals surface area (Å²) in [7, 11) is 0. The first-order valence-corrected chi connectivity index (χ1v) is 7.53. The van der Waals surface area contributed by atoms with Crippen molar-refractivity contribution in [2.75, 3.05) is 18.1 Å². The zero-order chi connectivity index (χ0) is 15.1. The second kappa shape index (κ2) is 7.78. The van der Waals surface area contributed by atoms with Crippen molar-refractivity contribution in [3.8, 4) is 0 Å². The summed E-state index contributed by atoms with van der Waals surface area (Å²) < 4.78 is 0. The molecule has 0 saturated carbocycles. The first-order chi connectivity index (χ1) is 10.2. The average Bonchev–Trinajstić information content (AvgIpc) is 2.49. The summed E-state index contributed by atoms with van der Waals surface area (Å²) in [6.45, 7) is 1.75. The number of carboxylic acid groups (broad SMARTS) is 1. The van der Waals surface area contributed by atoms with Gasteiger partial charge in [-0.1, -0.05) is 24.6 Å². The number of carbonyl (C=O) groups excluding carboxylic acids is 1. The zero-order valence-corrected chi connectivity index (χ0v) is 12.2. The molecule has 0 aromatic heterocycles. The molecule has 114 valence electrons. The van der Waals surface area contributed by atoms with E-state index in [-0.39, 0.29) is 18.7 Å². The van der Waals surface area contributed by atoms with Crippen LogP contribution in [-0.4, -0.2) is 35.1 Å². The third-order valence-corrected chi connectivity index (χ3v) is 3.63. The highest BCUT2D eigenvalue weighted by Gasteiger charge is 2.24. The molecular weight excluding hydrogens is 268 g/mol. The van der Waals surface area contributed by atoms with Gasteiger partial charge in [-0.2, -0.15) is 0 Å². The molecule has 1 N–H and O–H groups in total. The Labute approximate surface area is 125 Å². The Kier molecular flexibility index (Phi) is 5.75. The molecule has 1 aromatic rings. The van der Waals surface area contributed by atoms with Crippen LogP contribution in [0, 0.1) is 0 Å². The molecule has 5 heteroatoms. The highest BCUT2D eigenvalue weighted by atomic mass is 16.4. The van der Waals surface area contributed by atoms with E-state index in [0.717, 1.165) is 31.6 Å². The average molecular weight is 290 g/mol. The molecule has 1 heterocycles. The van der Waals surface area contributed by atoms with Crippen LogP contribution >= 0.6 is 0 Å². The molecule has 0 unspecified atom stereocenters. The van der Waals surface area contributed by atoms with E-state index in [9.17, 15) is 9.59 Å². The van der Waals surface area contributed by atoms with Crippen LogP contribution in [0.25, 0.3) is 0 Å². The van der Waals surface area contributed by atoms with Crippen LogP contribution in [-0.2, 0) is 9.59 Å². The first kappa shape index (κ1) is 15.5. The lowest BCUT2D eigenvalue weighted by molar-refractivity contribution is -0.137. The highest BCUT2D eigenvalue weighted by molar-refractivity contribution is 5.92. The van der Waals surface area contributed by atoms with Crippen LogP contribution in [0.3, 0.4) is 0 Å². The van der Waals surface area contributed by atoms with Gasteiger partial charge in [0, 0.05) is 25.9 Å². The van der Waals surface area contributed by atoms with Gasteiger partial charge in [-0.25, -0.2) is 10.0 Å². The maximum atomic E-state index is 12.5. The van der Waals surface area contributed by atoms with Crippen molar-refractivity contribution in [2.45, 2.75) is 38.5 Å². The summed E-state index contributed by atoms with van der Waals surface area (Å²) >= 11 is 0. The van der Waals surface area contributed by atoms with Crippen molar-refractivity contribution in [1.82, 2.24) is 5.01 Å². The van der Waals surface area contributed by atoms with E-state index in [2.05, 4.69) is 5.01 Å². The number of hydrogen-bond acceptors (Lipinski definition) is 3.